The molecule has 1 aromatic carbocycles. The Hall–Kier alpha value is -3.04. The summed E-state index contributed by atoms with van der Waals surface area (Å²) in [7, 11) is 0. The molecule has 0 radical (unpaired) electrons. The number of carbonyl (C=O) groups is 1. The van der Waals surface area contributed by atoms with Crippen molar-refractivity contribution in [2.24, 2.45) is 5.10 Å². The number of hydrogen-bond acceptors (Lipinski definition) is 7. The molecule has 1 amide bonds. The lowest BCUT2D eigenvalue weighted by molar-refractivity contribution is -0.385. The average Bonchev–Trinajstić information content (AvgIpc) is 3.47. The van der Waals surface area contributed by atoms with E-state index in [0.29, 0.717) is 17.7 Å². The van der Waals surface area contributed by atoms with Gasteiger partial charge in [-0.25, -0.2) is 5.01 Å². The van der Waals surface area contributed by atoms with Crippen LogP contribution in [0.3, 0.4) is 0 Å². The second-order valence-corrected chi connectivity index (χ2v) is 8.37. The van der Waals surface area contributed by atoms with E-state index >= 15 is 0 Å². The van der Waals surface area contributed by atoms with E-state index in [9.17, 15) is 14.9 Å². The number of nitro groups is 1. The van der Waals surface area contributed by atoms with Gasteiger partial charge in [-0.2, -0.15) is 5.10 Å². The minimum Gasteiger partial charge on any atom is -0.483 e. The molecule has 0 saturated heterocycles. The normalized spacial score (nSPS) is 16.0. The molecular formula is C20H17N3O4S2. The molecule has 7 nitrogen and oxygen atoms in total. The van der Waals surface area contributed by atoms with Crippen molar-refractivity contribution >= 4 is 40.0 Å². The topological polar surface area (TPSA) is 85.0 Å². The van der Waals surface area contributed by atoms with Gasteiger partial charge in [-0.1, -0.05) is 18.2 Å². The van der Waals surface area contributed by atoms with Gasteiger partial charge >= 0.3 is 0 Å². The Bertz CT molecular complexity index is 1060. The standard InChI is InChI=1S/C20H17N3O4S2/c1-13-15(23(25)26)5-2-6-17(13)27-12-20(24)22-16(19-8-4-10-29-19)11-14(21-22)18-7-3-9-28-18/h2-10,16H,11-12H2,1H3. The molecule has 9 heteroatoms. The maximum absolute atomic E-state index is 12.9. The smallest absolute Gasteiger partial charge is 0.281 e. The van der Waals surface area contributed by atoms with Crippen LogP contribution in [0.25, 0.3) is 0 Å². The lowest BCUT2D eigenvalue weighted by atomic mass is 10.1. The van der Waals surface area contributed by atoms with E-state index in [4.69, 9.17) is 4.74 Å². The van der Waals surface area contributed by atoms with Gasteiger partial charge in [0.1, 0.15) is 5.75 Å². The average molecular weight is 428 g/mol. The van der Waals surface area contributed by atoms with Crippen LogP contribution in [-0.4, -0.2) is 28.2 Å². The Kier molecular flexibility index (Phi) is 5.41. The number of hydrogen-bond donors (Lipinski definition) is 0. The molecule has 0 N–H and O–H groups in total. The van der Waals surface area contributed by atoms with Crippen LogP contribution in [-0.2, 0) is 4.79 Å². The van der Waals surface area contributed by atoms with Crippen molar-refractivity contribution in [1.29, 1.82) is 0 Å². The Morgan fingerprint density at radius 3 is 2.72 bits per heavy atom. The zero-order valence-corrected chi connectivity index (χ0v) is 17.1. The SMILES string of the molecule is Cc1c(OCC(=O)N2N=C(c3cccs3)CC2c2cccs2)cccc1[N+](=O)[O-]. The molecule has 1 aliphatic heterocycles. The maximum atomic E-state index is 12.9. The third kappa shape index (κ3) is 3.92. The molecule has 1 aliphatic rings. The number of benzene rings is 1. The molecule has 0 aliphatic carbocycles. The van der Waals surface area contributed by atoms with E-state index in [1.165, 1.54) is 11.1 Å². The molecule has 148 valence electrons. The molecule has 1 unspecified atom stereocenters. The summed E-state index contributed by atoms with van der Waals surface area (Å²) in [5.41, 5.74) is 1.23. The molecule has 3 aromatic rings. The van der Waals surface area contributed by atoms with Crippen LogP contribution in [0.1, 0.15) is 27.8 Å². The predicted molar refractivity (Wildman–Crippen MR) is 113 cm³/mol. The van der Waals surface area contributed by atoms with E-state index in [1.54, 1.807) is 41.7 Å². The van der Waals surface area contributed by atoms with E-state index < -0.39 is 4.92 Å². The number of ether oxygens (including phenoxy) is 1. The Labute approximate surface area is 175 Å². The van der Waals surface area contributed by atoms with Gasteiger partial charge in [0.15, 0.2) is 6.61 Å². The van der Waals surface area contributed by atoms with Crippen molar-refractivity contribution in [3.63, 3.8) is 0 Å². The summed E-state index contributed by atoms with van der Waals surface area (Å²) in [5, 5.41) is 21.1. The molecule has 4 rings (SSSR count). The van der Waals surface area contributed by atoms with Gasteiger partial charge in [-0.05, 0) is 35.9 Å². The monoisotopic (exact) mass is 427 g/mol. The summed E-state index contributed by atoms with van der Waals surface area (Å²) in [6, 6.07) is 12.3. The summed E-state index contributed by atoms with van der Waals surface area (Å²) in [4.78, 5) is 25.7. The predicted octanol–water partition coefficient (Wildman–Crippen LogP) is 4.78. The summed E-state index contributed by atoms with van der Waals surface area (Å²) >= 11 is 3.17. The Balaban J connectivity index is 1.54. The minimum absolute atomic E-state index is 0.0365. The molecule has 29 heavy (non-hydrogen) atoms. The van der Waals surface area contributed by atoms with Crippen LogP contribution < -0.4 is 4.74 Å². The summed E-state index contributed by atoms with van der Waals surface area (Å²) in [5.74, 6) is 0.0303. The fourth-order valence-corrected chi connectivity index (χ4v) is 4.73. The van der Waals surface area contributed by atoms with Gasteiger partial charge < -0.3 is 4.74 Å². The number of amides is 1. The molecule has 3 heterocycles. The van der Waals surface area contributed by atoms with E-state index in [1.807, 2.05) is 35.0 Å². The van der Waals surface area contributed by atoms with E-state index in [0.717, 1.165) is 15.5 Å². The van der Waals surface area contributed by atoms with Gasteiger partial charge in [0, 0.05) is 17.4 Å². The molecule has 0 saturated carbocycles. The highest BCUT2D eigenvalue weighted by molar-refractivity contribution is 7.12. The van der Waals surface area contributed by atoms with Crippen molar-refractivity contribution < 1.29 is 14.5 Å². The van der Waals surface area contributed by atoms with Crippen LogP contribution in [0.5, 0.6) is 5.75 Å². The van der Waals surface area contributed by atoms with Crippen molar-refractivity contribution in [3.05, 3.63) is 78.7 Å². The van der Waals surface area contributed by atoms with Crippen LogP contribution in [0.15, 0.2) is 58.3 Å². The van der Waals surface area contributed by atoms with Crippen molar-refractivity contribution in [2.75, 3.05) is 6.61 Å². The second-order valence-electron chi connectivity index (χ2n) is 6.44. The number of hydrazone groups is 1. The summed E-state index contributed by atoms with van der Waals surface area (Å²) in [6.07, 6.45) is 0.641. The molecule has 0 spiro atoms. The van der Waals surface area contributed by atoms with Crippen LogP contribution in [0, 0.1) is 17.0 Å². The number of nitro benzene ring substituents is 1. The first-order valence-corrected chi connectivity index (χ1v) is 10.6. The maximum Gasteiger partial charge on any atom is 0.281 e. The number of nitrogens with zero attached hydrogens (tertiary/aromatic N) is 3. The Morgan fingerprint density at radius 1 is 1.24 bits per heavy atom. The quantitative estimate of drug-likeness (QED) is 0.418. The number of carbonyl (C=O) groups excluding carboxylic acids is 1. The minimum atomic E-state index is -0.463. The van der Waals surface area contributed by atoms with Crippen LogP contribution >= 0.6 is 22.7 Å². The highest BCUT2D eigenvalue weighted by Crippen LogP contribution is 2.36. The lowest BCUT2D eigenvalue weighted by Gasteiger charge is -2.21. The molecule has 1 atom stereocenters. The van der Waals surface area contributed by atoms with Crippen molar-refractivity contribution in [2.45, 2.75) is 19.4 Å². The number of thiophene rings is 2. The van der Waals surface area contributed by atoms with Gasteiger partial charge in [0.05, 0.1) is 27.1 Å². The zero-order chi connectivity index (χ0) is 20.4. The highest BCUT2D eigenvalue weighted by atomic mass is 32.1. The first kappa shape index (κ1) is 19.3. The summed E-state index contributed by atoms with van der Waals surface area (Å²) < 4.78 is 5.63. The first-order chi connectivity index (χ1) is 14.0. The fourth-order valence-electron chi connectivity index (χ4n) is 3.20. The van der Waals surface area contributed by atoms with Gasteiger partial charge in [0.2, 0.25) is 0 Å². The largest absolute Gasteiger partial charge is 0.483 e. The van der Waals surface area contributed by atoms with Gasteiger partial charge in [-0.3, -0.25) is 14.9 Å². The second kappa shape index (κ2) is 8.14. The Morgan fingerprint density at radius 2 is 2.03 bits per heavy atom. The number of rotatable bonds is 6. The summed E-state index contributed by atoms with van der Waals surface area (Å²) in [6.45, 7) is 1.36. The highest BCUT2D eigenvalue weighted by Gasteiger charge is 2.34. The fraction of sp³-hybridized carbons (Fsp3) is 0.200. The molecule has 0 fully saturated rings. The molecular weight excluding hydrogens is 410 g/mol. The lowest BCUT2D eigenvalue weighted by Crippen LogP contribution is -2.31. The first-order valence-electron chi connectivity index (χ1n) is 8.88. The van der Waals surface area contributed by atoms with Crippen molar-refractivity contribution in [3.8, 4) is 5.75 Å². The van der Waals surface area contributed by atoms with Crippen LogP contribution in [0.2, 0.25) is 0 Å². The van der Waals surface area contributed by atoms with E-state index in [-0.39, 0.29) is 24.2 Å². The third-order valence-electron chi connectivity index (χ3n) is 4.65. The van der Waals surface area contributed by atoms with Crippen molar-refractivity contribution in [1.82, 2.24) is 5.01 Å². The zero-order valence-electron chi connectivity index (χ0n) is 15.5. The van der Waals surface area contributed by atoms with Gasteiger partial charge in [-0.15, -0.1) is 22.7 Å². The van der Waals surface area contributed by atoms with Crippen LogP contribution in [0.4, 0.5) is 5.69 Å². The van der Waals surface area contributed by atoms with E-state index in [2.05, 4.69) is 5.10 Å². The third-order valence-corrected chi connectivity index (χ3v) is 6.54. The van der Waals surface area contributed by atoms with Gasteiger partial charge in [0.25, 0.3) is 11.6 Å². The molecule has 0 bridgehead atoms. The molecule has 2 aromatic heterocycles.